The van der Waals surface area contributed by atoms with E-state index in [1.54, 1.807) is 6.08 Å². The van der Waals surface area contributed by atoms with Gasteiger partial charge >= 0.3 is 0 Å². The van der Waals surface area contributed by atoms with Crippen LogP contribution in [0.15, 0.2) is 73.8 Å². The average molecular weight is 291 g/mol. The molecule has 22 heavy (non-hydrogen) atoms. The molecule has 0 atom stereocenters. The van der Waals surface area contributed by atoms with Gasteiger partial charge in [-0.1, -0.05) is 44.0 Å². The van der Waals surface area contributed by atoms with Gasteiger partial charge in [0.05, 0.1) is 5.69 Å². The summed E-state index contributed by atoms with van der Waals surface area (Å²) in [6.45, 7) is 15.6. The molecule has 0 aliphatic rings. The van der Waals surface area contributed by atoms with E-state index in [1.807, 2.05) is 44.5 Å². The summed E-state index contributed by atoms with van der Waals surface area (Å²) in [4.78, 5) is 7.63. The molecule has 2 aromatic rings. The number of pyridine rings is 1. The maximum absolute atomic E-state index is 4.46. The Bertz CT molecular complexity index is 788. The van der Waals surface area contributed by atoms with Crippen molar-refractivity contribution in [3.63, 3.8) is 0 Å². The fourth-order valence-corrected chi connectivity index (χ4v) is 2.32. The number of anilines is 1. The second kappa shape index (κ2) is 6.76. The fraction of sp³-hybridized carbons (Fsp3) is 0.105. The van der Waals surface area contributed by atoms with Crippen molar-refractivity contribution in [2.45, 2.75) is 13.8 Å². The highest BCUT2D eigenvalue weighted by Gasteiger charge is 2.08. The molecule has 0 bridgehead atoms. The van der Waals surface area contributed by atoms with E-state index in [0.717, 1.165) is 39.1 Å². The third kappa shape index (κ3) is 2.93. The number of nitrogens with zero attached hydrogens (tertiary/aromatic N) is 1. The van der Waals surface area contributed by atoms with Crippen molar-refractivity contribution in [1.82, 2.24) is 9.97 Å². The van der Waals surface area contributed by atoms with E-state index in [9.17, 15) is 0 Å². The minimum absolute atomic E-state index is 0.804. The quantitative estimate of drug-likeness (QED) is 0.717. The second-order valence-electron chi connectivity index (χ2n) is 4.82. The van der Waals surface area contributed by atoms with Gasteiger partial charge in [-0.05, 0) is 31.1 Å². The molecule has 0 spiro atoms. The second-order valence-corrected chi connectivity index (χ2v) is 4.82. The summed E-state index contributed by atoms with van der Waals surface area (Å²) in [7, 11) is 0. The minimum Gasteiger partial charge on any atom is -0.354 e. The highest BCUT2D eigenvalue weighted by molar-refractivity contribution is 5.93. The molecule has 2 heterocycles. The molecule has 0 saturated carbocycles. The van der Waals surface area contributed by atoms with Crippen LogP contribution < -0.4 is 5.32 Å². The van der Waals surface area contributed by atoms with Gasteiger partial charge in [0.15, 0.2) is 0 Å². The average Bonchev–Trinajstić information content (AvgIpc) is 2.92. The smallest absolute Gasteiger partial charge is 0.139 e. The largest absolute Gasteiger partial charge is 0.354 e. The van der Waals surface area contributed by atoms with Gasteiger partial charge in [-0.2, -0.15) is 0 Å². The standard InChI is InChI=1S/C19H21N3/c1-6-14(7-2)13(5)22-18-12-21-19-17(18)10-16(11-20-19)15(8-3)9-4/h6-12,22H,1,3,5H2,2,4H3,(H,20,21)/b14-7+,15-9+. The molecule has 0 aromatic carbocycles. The first-order chi connectivity index (χ1) is 10.6. The van der Waals surface area contributed by atoms with Crippen LogP contribution in [0.3, 0.4) is 0 Å². The Hall–Kier alpha value is -2.81. The summed E-state index contributed by atoms with van der Waals surface area (Å²) < 4.78 is 0. The van der Waals surface area contributed by atoms with Gasteiger partial charge in [0.25, 0.3) is 0 Å². The van der Waals surface area contributed by atoms with Crippen LogP contribution in [-0.2, 0) is 0 Å². The van der Waals surface area contributed by atoms with E-state index in [0.29, 0.717) is 0 Å². The lowest BCUT2D eigenvalue weighted by molar-refractivity contribution is 1.31. The molecule has 0 fully saturated rings. The topological polar surface area (TPSA) is 40.7 Å². The van der Waals surface area contributed by atoms with E-state index in [-0.39, 0.29) is 0 Å². The van der Waals surface area contributed by atoms with Crippen LogP contribution in [0, 0.1) is 0 Å². The van der Waals surface area contributed by atoms with Gasteiger partial charge in [0, 0.05) is 29.0 Å². The van der Waals surface area contributed by atoms with Gasteiger partial charge in [-0.25, -0.2) is 4.98 Å². The Kier molecular flexibility index (Phi) is 4.79. The number of aromatic nitrogens is 2. The first-order valence-corrected chi connectivity index (χ1v) is 7.15. The zero-order valence-electron chi connectivity index (χ0n) is 13.1. The molecule has 0 aliphatic carbocycles. The Morgan fingerprint density at radius 1 is 1.23 bits per heavy atom. The van der Waals surface area contributed by atoms with Gasteiger partial charge in [-0.3, -0.25) is 0 Å². The molecule has 2 rings (SSSR count). The lowest BCUT2D eigenvalue weighted by atomic mass is 10.1. The predicted octanol–water partition coefficient (Wildman–Crippen LogP) is 5.21. The number of hydrogen-bond acceptors (Lipinski definition) is 2. The number of H-pyrrole nitrogens is 1. The summed E-state index contributed by atoms with van der Waals surface area (Å²) in [5.41, 5.74) is 5.64. The normalized spacial score (nSPS) is 12.3. The molecule has 3 nitrogen and oxygen atoms in total. The van der Waals surface area contributed by atoms with E-state index >= 15 is 0 Å². The Morgan fingerprint density at radius 2 is 2.00 bits per heavy atom. The van der Waals surface area contributed by atoms with Crippen molar-refractivity contribution >= 4 is 22.3 Å². The number of rotatable bonds is 6. The van der Waals surface area contributed by atoms with Crippen LogP contribution in [0.25, 0.3) is 16.6 Å². The Labute approximate surface area is 131 Å². The molecule has 112 valence electrons. The first-order valence-electron chi connectivity index (χ1n) is 7.15. The monoisotopic (exact) mass is 291 g/mol. The SMILES string of the molecule is C=C/C(=C\C)C(=C)Nc1c[nH]c2ncc(/C(C=C)=C/C)cc12. The summed E-state index contributed by atoms with van der Waals surface area (Å²) >= 11 is 0. The molecule has 0 aliphatic heterocycles. The van der Waals surface area contributed by atoms with Crippen molar-refractivity contribution < 1.29 is 0 Å². The number of allylic oxidation sites excluding steroid dienone is 5. The van der Waals surface area contributed by atoms with E-state index in [4.69, 9.17) is 0 Å². The number of hydrogen-bond donors (Lipinski definition) is 2. The molecule has 0 amide bonds. The summed E-state index contributed by atoms with van der Waals surface area (Å²) in [5, 5.41) is 4.33. The first kappa shape index (κ1) is 15.6. The van der Waals surface area contributed by atoms with Crippen molar-refractivity contribution in [3.05, 3.63) is 79.3 Å². The van der Waals surface area contributed by atoms with Crippen molar-refractivity contribution in [2.75, 3.05) is 5.32 Å². The zero-order chi connectivity index (χ0) is 16.1. The molecule has 0 unspecified atom stereocenters. The molecule has 0 saturated heterocycles. The molecule has 2 aromatic heterocycles. The van der Waals surface area contributed by atoms with Crippen LogP contribution in [0.4, 0.5) is 5.69 Å². The number of fused-ring (bicyclic) bond motifs is 1. The predicted molar refractivity (Wildman–Crippen MR) is 96.7 cm³/mol. The molecular weight excluding hydrogens is 270 g/mol. The van der Waals surface area contributed by atoms with Crippen LogP contribution in [0.1, 0.15) is 19.4 Å². The van der Waals surface area contributed by atoms with E-state index in [1.165, 1.54) is 0 Å². The van der Waals surface area contributed by atoms with Crippen LogP contribution in [0.5, 0.6) is 0 Å². The van der Waals surface area contributed by atoms with Crippen molar-refractivity contribution in [2.24, 2.45) is 0 Å². The molecule has 3 heteroatoms. The lowest BCUT2D eigenvalue weighted by Crippen LogP contribution is -1.99. The highest BCUT2D eigenvalue weighted by atomic mass is 14.9. The third-order valence-electron chi connectivity index (χ3n) is 3.56. The fourth-order valence-electron chi connectivity index (χ4n) is 2.32. The number of nitrogens with one attached hydrogen (secondary N) is 2. The Morgan fingerprint density at radius 3 is 2.59 bits per heavy atom. The summed E-state index contributed by atoms with van der Waals surface area (Å²) in [6, 6.07) is 2.09. The van der Waals surface area contributed by atoms with E-state index < -0.39 is 0 Å². The minimum atomic E-state index is 0.804. The van der Waals surface area contributed by atoms with Crippen LogP contribution in [-0.4, -0.2) is 9.97 Å². The van der Waals surface area contributed by atoms with Gasteiger partial charge in [0.2, 0.25) is 0 Å². The molecule has 2 N–H and O–H groups in total. The number of aromatic amines is 1. The summed E-state index contributed by atoms with van der Waals surface area (Å²) in [5.74, 6) is 0. The maximum atomic E-state index is 4.46. The van der Waals surface area contributed by atoms with E-state index in [2.05, 4.69) is 41.1 Å². The highest BCUT2D eigenvalue weighted by Crippen LogP contribution is 2.27. The van der Waals surface area contributed by atoms with Crippen molar-refractivity contribution in [1.29, 1.82) is 0 Å². The van der Waals surface area contributed by atoms with Crippen LogP contribution in [0.2, 0.25) is 0 Å². The maximum Gasteiger partial charge on any atom is 0.139 e. The van der Waals surface area contributed by atoms with Crippen LogP contribution >= 0.6 is 0 Å². The lowest BCUT2D eigenvalue weighted by Gasteiger charge is -2.09. The van der Waals surface area contributed by atoms with Gasteiger partial charge < -0.3 is 10.3 Å². The summed E-state index contributed by atoms with van der Waals surface area (Å²) in [6.07, 6.45) is 11.3. The van der Waals surface area contributed by atoms with Gasteiger partial charge in [0.1, 0.15) is 5.65 Å². The Balaban J connectivity index is 2.43. The molecule has 0 radical (unpaired) electrons. The zero-order valence-corrected chi connectivity index (χ0v) is 13.1. The van der Waals surface area contributed by atoms with Crippen molar-refractivity contribution in [3.8, 4) is 0 Å². The molecular formula is C19H21N3. The third-order valence-corrected chi connectivity index (χ3v) is 3.56. The van der Waals surface area contributed by atoms with Gasteiger partial charge in [-0.15, -0.1) is 0 Å².